The summed E-state index contributed by atoms with van der Waals surface area (Å²) in [4.78, 5) is 9.36. The highest BCUT2D eigenvalue weighted by Gasteiger charge is 2.19. The summed E-state index contributed by atoms with van der Waals surface area (Å²) in [7, 11) is 0. The van der Waals surface area contributed by atoms with Crippen LogP contribution in [0.4, 0.5) is 68.2 Å². The second kappa shape index (κ2) is 23.1. The van der Waals surface area contributed by atoms with Crippen molar-refractivity contribution in [1.82, 2.24) is 0 Å². The van der Waals surface area contributed by atoms with Crippen molar-refractivity contribution in [2.24, 2.45) is 0 Å². The first-order valence-electron chi connectivity index (χ1n) is 28.6. The van der Waals surface area contributed by atoms with Crippen LogP contribution in [0, 0.1) is 0 Å². The molecule has 14 rings (SSSR count). The lowest BCUT2D eigenvalue weighted by molar-refractivity contribution is 1.28. The summed E-state index contributed by atoms with van der Waals surface area (Å²) in [5.74, 6) is 0. The maximum Gasteiger partial charge on any atom is 0.0468 e. The Hall–Kier alpha value is -11.2. The van der Waals surface area contributed by atoms with E-state index in [4.69, 9.17) is 0 Å². The molecule has 0 unspecified atom stereocenters. The summed E-state index contributed by atoms with van der Waals surface area (Å²) >= 11 is 0. The number of rotatable bonds is 15. The van der Waals surface area contributed by atoms with Gasteiger partial charge in [-0.3, -0.25) is 0 Å². The number of hydrogen-bond donors (Lipinski definition) is 0. The van der Waals surface area contributed by atoms with Gasteiger partial charge >= 0.3 is 0 Å². The summed E-state index contributed by atoms with van der Waals surface area (Å²) in [5.41, 5.74) is 20.1. The number of hydrogen-bond acceptors (Lipinski definition) is 4. The van der Waals surface area contributed by atoms with Crippen molar-refractivity contribution >= 4 is 89.8 Å². The molecule has 0 aliphatic carbocycles. The zero-order valence-electron chi connectivity index (χ0n) is 46.3. The Labute approximate surface area is 491 Å². The minimum Gasteiger partial charge on any atom is -0.310 e. The fourth-order valence-electron chi connectivity index (χ4n) is 11.6. The molecule has 0 bridgehead atoms. The Balaban J connectivity index is 0.793. The van der Waals surface area contributed by atoms with Gasteiger partial charge in [0.25, 0.3) is 0 Å². The highest BCUT2D eigenvalue weighted by molar-refractivity contribution is 5.95. The van der Waals surface area contributed by atoms with Crippen LogP contribution in [0.1, 0.15) is 0 Å². The third-order valence-electron chi connectivity index (χ3n) is 15.8. The Kier molecular flexibility index (Phi) is 14.0. The smallest absolute Gasteiger partial charge is 0.0468 e. The maximum absolute atomic E-state index is 2.36. The summed E-state index contributed by atoms with van der Waals surface area (Å²) in [6.45, 7) is 0. The first kappa shape index (κ1) is 51.0. The molecule has 0 saturated carbocycles. The van der Waals surface area contributed by atoms with Crippen LogP contribution in [-0.2, 0) is 0 Å². The molecule has 4 nitrogen and oxygen atoms in total. The lowest BCUT2D eigenvalue weighted by atomic mass is 10.0. The van der Waals surface area contributed by atoms with Gasteiger partial charge in [-0.2, -0.15) is 0 Å². The minimum atomic E-state index is 1.07. The van der Waals surface area contributed by atoms with Crippen LogP contribution in [0.15, 0.2) is 352 Å². The van der Waals surface area contributed by atoms with Crippen LogP contribution >= 0.6 is 0 Å². The molecule has 398 valence electrons. The second-order valence-electron chi connectivity index (χ2n) is 21.0. The predicted molar refractivity (Wildman–Crippen MR) is 356 cm³/mol. The highest BCUT2D eigenvalue weighted by atomic mass is 15.2. The van der Waals surface area contributed by atoms with Crippen LogP contribution in [0.3, 0.4) is 0 Å². The van der Waals surface area contributed by atoms with Crippen molar-refractivity contribution < 1.29 is 0 Å². The Morgan fingerprint density at radius 3 is 0.476 bits per heavy atom. The molecular formula is C80H58N4. The monoisotopic (exact) mass is 1070 g/mol. The first-order valence-corrected chi connectivity index (χ1v) is 28.6. The molecule has 0 fully saturated rings. The quantitative estimate of drug-likeness (QED) is 0.101. The molecule has 0 spiro atoms. The van der Waals surface area contributed by atoms with Gasteiger partial charge in [0, 0.05) is 68.2 Å². The minimum absolute atomic E-state index is 1.07. The van der Waals surface area contributed by atoms with Gasteiger partial charge in [-0.1, -0.05) is 206 Å². The fourth-order valence-corrected chi connectivity index (χ4v) is 11.6. The van der Waals surface area contributed by atoms with E-state index < -0.39 is 0 Å². The Morgan fingerprint density at radius 1 is 0.119 bits per heavy atom. The molecule has 0 radical (unpaired) electrons. The maximum atomic E-state index is 2.36. The molecule has 4 heteroatoms. The number of fused-ring (bicyclic) bond motifs is 2. The van der Waals surface area contributed by atoms with E-state index in [0.29, 0.717) is 0 Å². The van der Waals surface area contributed by atoms with Gasteiger partial charge in [0.1, 0.15) is 0 Å². The molecule has 0 aromatic heterocycles. The van der Waals surface area contributed by atoms with E-state index in [9.17, 15) is 0 Å². The second-order valence-corrected chi connectivity index (χ2v) is 21.0. The summed E-state index contributed by atoms with van der Waals surface area (Å²) in [6.07, 6.45) is 0. The average molecular weight is 1080 g/mol. The van der Waals surface area contributed by atoms with Gasteiger partial charge in [0.15, 0.2) is 0 Å². The van der Waals surface area contributed by atoms with Crippen LogP contribution in [-0.4, -0.2) is 0 Å². The topological polar surface area (TPSA) is 13.0 Å². The van der Waals surface area contributed by atoms with E-state index in [1.807, 2.05) is 0 Å². The van der Waals surface area contributed by atoms with E-state index in [2.05, 4.69) is 371 Å². The lowest BCUT2D eigenvalue weighted by Crippen LogP contribution is -2.10. The van der Waals surface area contributed by atoms with Crippen molar-refractivity contribution in [3.8, 4) is 33.4 Å². The third-order valence-corrected chi connectivity index (χ3v) is 15.8. The Morgan fingerprint density at radius 2 is 0.274 bits per heavy atom. The van der Waals surface area contributed by atoms with Crippen molar-refractivity contribution in [2.75, 3.05) is 19.6 Å². The lowest BCUT2D eigenvalue weighted by Gasteiger charge is -2.27. The molecule has 0 N–H and O–H groups in total. The zero-order valence-corrected chi connectivity index (χ0v) is 46.3. The predicted octanol–water partition coefficient (Wildman–Crippen LogP) is 22.9. The standard InChI is InChI=1S/C80H58N4/c1-7-19-59(20-8-1)61-31-43-73(44-32-61)83(79-53-41-65-55-77(51-39-67(65)57-79)81(69-23-11-3-12-24-69)70-25-13-4-14-26-70)75-47-35-63(36-48-75)64-37-49-76(50-38-64)84(74-45-33-62(34-46-74)60-21-9-2-10-22-60)80-54-42-66-56-78(52-40-68(66)58-80)82(71-27-15-5-16-28-71)72-29-17-6-18-30-72/h1-58H. The normalized spacial score (nSPS) is 11.1. The molecule has 0 heterocycles. The van der Waals surface area contributed by atoms with Crippen LogP contribution in [0.2, 0.25) is 0 Å². The molecule has 14 aromatic rings. The van der Waals surface area contributed by atoms with Crippen molar-refractivity contribution in [3.63, 3.8) is 0 Å². The van der Waals surface area contributed by atoms with Crippen molar-refractivity contribution in [1.29, 1.82) is 0 Å². The van der Waals surface area contributed by atoms with E-state index >= 15 is 0 Å². The summed E-state index contributed by atoms with van der Waals surface area (Å²) in [5, 5.41) is 4.65. The molecule has 0 amide bonds. The van der Waals surface area contributed by atoms with Crippen LogP contribution < -0.4 is 19.6 Å². The van der Waals surface area contributed by atoms with E-state index in [-0.39, 0.29) is 0 Å². The molecule has 0 saturated heterocycles. The van der Waals surface area contributed by atoms with Gasteiger partial charge < -0.3 is 19.6 Å². The summed E-state index contributed by atoms with van der Waals surface area (Å²) in [6, 6.07) is 127. The molecule has 14 aromatic carbocycles. The van der Waals surface area contributed by atoms with Crippen molar-refractivity contribution in [3.05, 3.63) is 352 Å². The van der Waals surface area contributed by atoms with Gasteiger partial charge in [-0.15, -0.1) is 0 Å². The van der Waals surface area contributed by atoms with Crippen molar-refractivity contribution in [2.45, 2.75) is 0 Å². The Bertz CT molecular complexity index is 4110. The average Bonchev–Trinajstić information content (AvgIpc) is 3.33. The molecule has 0 aliphatic rings. The van der Waals surface area contributed by atoms with E-state index in [1.54, 1.807) is 0 Å². The fraction of sp³-hybridized carbons (Fsp3) is 0. The highest BCUT2D eigenvalue weighted by Crippen LogP contribution is 2.43. The van der Waals surface area contributed by atoms with E-state index in [0.717, 1.165) is 90.1 Å². The van der Waals surface area contributed by atoms with Gasteiger partial charge in [0.05, 0.1) is 0 Å². The third kappa shape index (κ3) is 10.6. The SMILES string of the molecule is c1ccc(-c2ccc(N(c3ccc(-c4ccc(N(c5ccc(-c6ccccc6)cc5)c5ccc6cc(N(c7ccccc7)c7ccccc7)ccc6c5)cc4)cc3)c3ccc4cc(N(c5ccccc5)c5ccccc5)ccc4c3)cc2)cc1. The number of benzene rings is 14. The largest absolute Gasteiger partial charge is 0.310 e. The van der Waals surface area contributed by atoms with Gasteiger partial charge in [-0.05, 0) is 201 Å². The first-order chi connectivity index (χ1) is 41.6. The number of anilines is 12. The number of para-hydroxylation sites is 4. The van der Waals surface area contributed by atoms with Gasteiger partial charge in [-0.25, -0.2) is 0 Å². The summed E-state index contributed by atoms with van der Waals surface area (Å²) < 4.78 is 0. The molecule has 84 heavy (non-hydrogen) atoms. The molecular weight excluding hydrogens is 1020 g/mol. The zero-order chi connectivity index (χ0) is 56.0. The molecule has 0 aliphatic heterocycles. The van der Waals surface area contributed by atoms with Gasteiger partial charge in [0.2, 0.25) is 0 Å². The molecule has 0 atom stereocenters. The van der Waals surface area contributed by atoms with Crippen LogP contribution in [0.25, 0.3) is 54.9 Å². The van der Waals surface area contributed by atoms with Crippen LogP contribution in [0.5, 0.6) is 0 Å². The van der Waals surface area contributed by atoms with E-state index in [1.165, 1.54) is 33.0 Å². The number of nitrogens with zero attached hydrogens (tertiary/aromatic N) is 4.